The summed E-state index contributed by atoms with van der Waals surface area (Å²) < 4.78 is 12.2. The molecule has 0 spiro atoms. The number of likely N-dealkylation sites (tertiary alicyclic amines) is 1. The topological polar surface area (TPSA) is 74.3 Å². The first-order valence-electron chi connectivity index (χ1n) is 16.4. The first-order chi connectivity index (χ1) is 21.1. The van der Waals surface area contributed by atoms with E-state index in [0.29, 0.717) is 25.2 Å². The number of nitrogens with zero attached hydrogens (tertiary/aromatic N) is 6. The number of benzene rings is 2. The number of aromatic nitrogens is 2. The van der Waals surface area contributed by atoms with Crippen LogP contribution < -0.4 is 14.5 Å². The molecule has 3 saturated heterocycles. The van der Waals surface area contributed by atoms with Gasteiger partial charge in [0.25, 0.3) is 0 Å². The molecule has 0 saturated carbocycles. The number of fused-ring (bicyclic) bond motifs is 4. The van der Waals surface area contributed by atoms with Crippen molar-refractivity contribution in [3.05, 3.63) is 53.2 Å². The molecule has 0 N–H and O–H groups in total. The van der Waals surface area contributed by atoms with Crippen LogP contribution in [-0.2, 0) is 17.7 Å². The summed E-state index contributed by atoms with van der Waals surface area (Å²) >= 11 is 0. The maximum absolute atomic E-state index is 13.2. The molecule has 1 aromatic heterocycles. The lowest BCUT2D eigenvalue weighted by Gasteiger charge is -2.43. The van der Waals surface area contributed by atoms with E-state index in [-0.39, 0.29) is 18.2 Å². The monoisotopic (exact) mass is 598 g/mol. The maximum atomic E-state index is 13.2. The minimum absolute atomic E-state index is 0.115. The molecule has 7 rings (SSSR count). The van der Waals surface area contributed by atoms with Crippen molar-refractivity contribution in [3.8, 4) is 6.01 Å². The van der Waals surface area contributed by atoms with E-state index in [9.17, 15) is 4.79 Å². The van der Waals surface area contributed by atoms with Gasteiger partial charge in [-0.05, 0) is 90.9 Å². The molecule has 5 heterocycles. The van der Waals surface area contributed by atoms with Crippen LogP contribution in [0.5, 0.6) is 6.01 Å². The van der Waals surface area contributed by atoms with Crippen LogP contribution in [-0.4, -0.2) is 89.4 Å². The molecule has 2 unspecified atom stereocenters. The highest BCUT2D eigenvalue weighted by atomic mass is 16.6. The number of rotatable bonds is 5. The average molecular weight is 599 g/mol. The number of carbonyl (C=O) groups is 1. The molecule has 44 heavy (non-hydrogen) atoms. The molecule has 4 aliphatic heterocycles. The second kappa shape index (κ2) is 11.4. The predicted octanol–water partition coefficient (Wildman–Crippen LogP) is 5.56. The van der Waals surface area contributed by atoms with Crippen molar-refractivity contribution in [3.63, 3.8) is 0 Å². The molecule has 2 bridgehead atoms. The Morgan fingerprint density at radius 1 is 1.00 bits per heavy atom. The zero-order valence-electron chi connectivity index (χ0n) is 26.9. The van der Waals surface area contributed by atoms with Crippen molar-refractivity contribution in [1.82, 2.24) is 19.8 Å². The number of piperazine rings is 1. The van der Waals surface area contributed by atoms with Gasteiger partial charge in [0.05, 0.1) is 24.3 Å². The standard InChI is InChI=1S/C35H46N6O3/c1-23-11-12-24-8-6-10-31(29(24)18-23)39-17-15-28-30(21-39)36-33(43-22-27-9-7-16-38(27)5)37-32(28)40-19-25-13-14-26(20-40)41(25)34(42)44-35(2,3)4/h6,8,10-12,18,25-27H,7,9,13-17,19-22H2,1-5H3/t25?,26?,27-/m0/s1. The molecule has 3 aromatic rings. The van der Waals surface area contributed by atoms with Crippen LogP contribution in [0.25, 0.3) is 10.8 Å². The summed E-state index contributed by atoms with van der Waals surface area (Å²) in [4.78, 5) is 32.5. The van der Waals surface area contributed by atoms with Crippen LogP contribution in [0.4, 0.5) is 16.3 Å². The van der Waals surface area contributed by atoms with Crippen LogP contribution in [0, 0.1) is 6.92 Å². The largest absolute Gasteiger partial charge is 0.462 e. The van der Waals surface area contributed by atoms with Gasteiger partial charge in [-0.25, -0.2) is 4.79 Å². The highest BCUT2D eigenvalue weighted by molar-refractivity contribution is 5.95. The highest BCUT2D eigenvalue weighted by Gasteiger charge is 2.45. The van der Waals surface area contributed by atoms with Gasteiger partial charge >= 0.3 is 12.1 Å². The van der Waals surface area contributed by atoms with Gasteiger partial charge in [-0.3, -0.25) is 4.90 Å². The summed E-state index contributed by atoms with van der Waals surface area (Å²) in [6.45, 7) is 12.8. The molecule has 9 heteroatoms. The van der Waals surface area contributed by atoms with Gasteiger partial charge in [-0.15, -0.1) is 0 Å². The van der Waals surface area contributed by atoms with Crippen molar-refractivity contribution in [2.45, 2.75) is 90.1 Å². The minimum Gasteiger partial charge on any atom is -0.462 e. The van der Waals surface area contributed by atoms with Gasteiger partial charge in [0.15, 0.2) is 0 Å². The lowest BCUT2D eigenvalue weighted by molar-refractivity contribution is 0.0122. The molecule has 9 nitrogen and oxygen atoms in total. The molecular weight excluding hydrogens is 552 g/mol. The summed E-state index contributed by atoms with van der Waals surface area (Å²) in [7, 11) is 2.17. The third-order valence-electron chi connectivity index (χ3n) is 9.84. The lowest BCUT2D eigenvalue weighted by atomic mass is 10.0. The van der Waals surface area contributed by atoms with E-state index in [2.05, 4.69) is 65.1 Å². The number of hydrogen-bond acceptors (Lipinski definition) is 8. The number of hydrogen-bond donors (Lipinski definition) is 0. The molecule has 0 radical (unpaired) electrons. The van der Waals surface area contributed by atoms with Crippen molar-refractivity contribution < 1.29 is 14.3 Å². The van der Waals surface area contributed by atoms with Crippen LogP contribution in [0.15, 0.2) is 36.4 Å². The van der Waals surface area contributed by atoms with Crippen LogP contribution in [0.1, 0.15) is 63.3 Å². The number of anilines is 2. The summed E-state index contributed by atoms with van der Waals surface area (Å²) in [5, 5.41) is 2.53. The summed E-state index contributed by atoms with van der Waals surface area (Å²) in [6.07, 6.45) is 4.97. The number of ether oxygens (including phenoxy) is 2. The smallest absolute Gasteiger partial charge is 0.410 e. The highest BCUT2D eigenvalue weighted by Crippen LogP contribution is 2.38. The molecule has 0 aliphatic carbocycles. The second-order valence-electron chi connectivity index (χ2n) is 14.2. The Morgan fingerprint density at radius 3 is 2.52 bits per heavy atom. The van der Waals surface area contributed by atoms with Gasteiger partial charge in [-0.2, -0.15) is 9.97 Å². The van der Waals surface area contributed by atoms with Gasteiger partial charge in [-0.1, -0.05) is 29.8 Å². The van der Waals surface area contributed by atoms with E-state index in [4.69, 9.17) is 19.4 Å². The Labute approximate surface area is 261 Å². The summed E-state index contributed by atoms with van der Waals surface area (Å²) in [5.41, 5.74) is 4.26. The average Bonchev–Trinajstić information content (AvgIpc) is 3.52. The van der Waals surface area contributed by atoms with Crippen LogP contribution >= 0.6 is 0 Å². The molecule has 2 aromatic carbocycles. The lowest BCUT2D eigenvalue weighted by Crippen LogP contribution is -2.57. The Morgan fingerprint density at radius 2 is 1.80 bits per heavy atom. The normalized spacial score (nSPS) is 23.8. The summed E-state index contributed by atoms with van der Waals surface area (Å²) in [6, 6.07) is 14.3. The predicted molar refractivity (Wildman–Crippen MR) is 174 cm³/mol. The molecule has 3 fully saturated rings. The van der Waals surface area contributed by atoms with E-state index in [0.717, 1.165) is 63.4 Å². The van der Waals surface area contributed by atoms with Crippen molar-refractivity contribution in [1.29, 1.82) is 0 Å². The van der Waals surface area contributed by atoms with Gasteiger partial charge in [0.2, 0.25) is 0 Å². The third kappa shape index (κ3) is 5.67. The quantitative estimate of drug-likeness (QED) is 0.378. The number of amides is 1. The van der Waals surface area contributed by atoms with Gasteiger partial charge < -0.3 is 24.2 Å². The van der Waals surface area contributed by atoms with E-state index in [1.54, 1.807) is 0 Å². The fourth-order valence-electron chi connectivity index (χ4n) is 7.62. The zero-order valence-corrected chi connectivity index (χ0v) is 26.9. The van der Waals surface area contributed by atoms with Crippen LogP contribution in [0.2, 0.25) is 0 Å². The molecular formula is C35H46N6O3. The fourth-order valence-corrected chi connectivity index (χ4v) is 7.62. The Balaban J connectivity index is 1.19. The number of likely N-dealkylation sites (N-methyl/N-ethyl adjacent to an activating group) is 1. The first-order valence-corrected chi connectivity index (χ1v) is 16.4. The van der Waals surface area contributed by atoms with Gasteiger partial charge in [0.1, 0.15) is 18.0 Å². The minimum atomic E-state index is -0.506. The fraction of sp³-hybridized carbons (Fsp3) is 0.571. The van der Waals surface area contributed by atoms with Crippen LogP contribution in [0.3, 0.4) is 0 Å². The van der Waals surface area contributed by atoms with E-state index >= 15 is 0 Å². The Hall–Kier alpha value is -3.59. The van der Waals surface area contributed by atoms with E-state index in [1.807, 2.05) is 25.7 Å². The van der Waals surface area contributed by atoms with E-state index < -0.39 is 5.60 Å². The third-order valence-corrected chi connectivity index (χ3v) is 9.84. The van der Waals surface area contributed by atoms with Crippen molar-refractivity contribution in [2.24, 2.45) is 0 Å². The van der Waals surface area contributed by atoms with E-state index in [1.165, 1.54) is 34.0 Å². The Bertz CT molecular complexity index is 1540. The number of carbonyl (C=O) groups excluding carboxylic acids is 1. The Kier molecular flexibility index (Phi) is 7.55. The molecule has 234 valence electrons. The SMILES string of the molecule is Cc1ccc2cccc(N3CCc4c(nc(OC[C@@H]5CCCN5C)nc4N4CC5CCC(C4)N5C(=O)OC(C)(C)C)C3)c2c1. The van der Waals surface area contributed by atoms with Gasteiger partial charge in [0, 0.05) is 42.3 Å². The van der Waals surface area contributed by atoms with Crippen molar-refractivity contribution in [2.75, 3.05) is 49.6 Å². The molecule has 1 amide bonds. The first kappa shape index (κ1) is 29.1. The number of aryl methyl sites for hydroxylation is 1. The molecule has 4 aliphatic rings. The zero-order chi connectivity index (χ0) is 30.6. The maximum Gasteiger partial charge on any atom is 0.410 e. The molecule has 3 atom stereocenters. The summed E-state index contributed by atoms with van der Waals surface area (Å²) in [5.74, 6) is 0.985. The second-order valence-corrected chi connectivity index (χ2v) is 14.2. The van der Waals surface area contributed by atoms with Crippen molar-refractivity contribution >= 4 is 28.4 Å².